The lowest BCUT2D eigenvalue weighted by molar-refractivity contribution is -0.162. The van der Waals surface area contributed by atoms with E-state index >= 15 is 0 Å². The van der Waals surface area contributed by atoms with Gasteiger partial charge in [-0.25, -0.2) is 8.42 Å². The Hall–Kier alpha value is -0.660. The van der Waals surface area contributed by atoms with E-state index in [1.54, 1.807) is 0 Å². The summed E-state index contributed by atoms with van der Waals surface area (Å²) in [5.74, 6) is 0.546. The number of aliphatic hydroxyl groups excluding tert-OH is 1. The minimum absolute atomic E-state index is 0.0601. The minimum Gasteiger partial charge on any atom is -0.748 e. The molecule has 7 heteroatoms. The lowest BCUT2D eigenvalue weighted by atomic mass is 9.61. The van der Waals surface area contributed by atoms with Crippen LogP contribution < -0.4 is 0 Å². The standard InChI is InChI=1S/C12H20O3.CH4O3S/c1-7-8-4-5-12(7,2)10(9(13)6-8)11(14)15-3;1-5(2,3)4/h7-10,13H,4-6H2,1-3H3;1H3,(H,2,3,4)/p-1/t7-,8+,9-,10?,12?;/m0./s1. The number of carbonyl (C=O) groups is 1. The summed E-state index contributed by atoms with van der Waals surface area (Å²) in [4.78, 5) is 11.7. The molecule has 0 aromatic carbocycles. The highest BCUT2D eigenvalue weighted by atomic mass is 32.2. The Morgan fingerprint density at radius 1 is 1.45 bits per heavy atom. The largest absolute Gasteiger partial charge is 0.748 e. The van der Waals surface area contributed by atoms with Gasteiger partial charge in [0.1, 0.15) is 0 Å². The van der Waals surface area contributed by atoms with Crippen molar-refractivity contribution in [3.8, 4) is 0 Å². The third-order valence-corrected chi connectivity index (χ3v) is 4.90. The molecule has 2 fully saturated rings. The Morgan fingerprint density at radius 3 is 2.40 bits per heavy atom. The first-order valence-corrected chi connectivity index (χ1v) is 8.49. The van der Waals surface area contributed by atoms with Gasteiger partial charge >= 0.3 is 5.97 Å². The lowest BCUT2D eigenvalue weighted by Gasteiger charge is -2.44. The first-order chi connectivity index (χ1) is 9.00. The van der Waals surface area contributed by atoms with Crippen LogP contribution in [0, 0.1) is 23.2 Å². The van der Waals surface area contributed by atoms with E-state index in [-0.39, 0.29) is 17.3 Å². The van der Waals surface area contributed by atoms with E-state index in [9.17, 15) is 9.90 Å². The van der Waals surface area contributed by atoms with Crippen molar-refractivity contribution in [1.29, 1.82) is 0 Å². The first kappa shape index (κ1) is 17.4. The van der Waals surface area contributed by atoms with Gasteiger partial charge in [0.05, 0.1) is 29.2 Å². The summed E-state index contributed by atoms with van der Waals surface area (Å²) in [6.45, 7) is 4.33. The topological polar surface area (TPSA) is 104 Å². The van der Waals surface area contributed by atoms with E-state index in [2.05, 4.69) is 13.8 Å². The number of methoxy groups -OCH3 is 1. The summed E-state index contributed by atoms with van der Waals surface area (Å²) >= 11 is 0. The number of aliphatic hydroxyl groups is 1. The molecule has 0 spiro atoms. The maximum absolute atomic E-state index is 11.7. The molecule has 2 aliphatic rings. The highest BCUT2D eigenvalue weighted by molar-refractivity contribution is 7.84. The molecule has 2 saturated carbocycles. The summed E-state index contributed by atoms with van der Waals surface area (Å²) in [5.41, 5.74) is -0.0601. The molecule has 0 aromatic rings. The Kier molecular flexibility index (Phi) is 5.21. The number of rotatable bonds is 1. The second-order valence-electron chi connectivity index (χ2n) is 6.10. The smallest absolute Gasteiger partial charge is 0.311 e. The van der Waals surface area contributed by atoms with Crippen molar-refractivity contribution in [3.63, 3.8) is 0 Å². The number of fused-ring (bicyclic) bond motifs is 2. The van der Waals surface area contributed by atoms with E-state index in [0.717, 1.165) is 19.3 Å². The molecule has 0 aliphatic heterocycles. The van der Waals surface area contributed by atoms with E-state index in [0.29, 0.717) is 18.1 Å². The molecule has 2 rings (SSSR count). The average molecular weight is 307 g/mol. The van der Waals surface area contributed by atoms with Crippen LogP contribution in [0.3, 0.4) is 0 Å². The highest BCUT2D eigenvalue weighted by Gasteiger charge is 2.57. The van der Waals surface area contributed by atoms with Gasteiger partial charge in [0.25, 0.3) is 0 Å². The summed E-state index contributed by atoms with van der Waals surface area (Å²) in [5, 5.41) is 10.0. The minimum atomic E-state index is -3.92. The van der Waals surface area contributed by atoms with Crippen molar-refractivity contribution in [2.75, 3.05) is 13.4 Å². The monoisotopic (exact) mass is 307 g/mol. The van der Waals surface area contributed by atoms with Crippen LogP contribution in [0.2, 0.25) is 0 Å². The van der Waals surface area contributed by atoms with Crippen molar-refractivity contribution < 1.29 is 27.6 Å². The van der Waals surface area contributed by atoms with Crippen LogP contribution in [-0.2, 0) is 19.6 Å². The molecule has 0 aromatic heterocycles. The molecule has 1 N–H and O–H groups in total. The number of carbonyl (C=O) groups excluding carboxylic acids is 1. The van der Waals surface area contributed by atoms with Crippen molar-refractivity contribution in [2.24, 2.45) is 23.2 Å². The van der Waals surface area contributed by atoms with E-state index in [1.165, 1.54) is 7.11 Å². The van der Waals surface area contributed by atoms with Crippen LogP contribution in [0.4, 0.5) is 0 Å². The number of esters is 1. The Bertz CT molecular complexity index is 451. The van der Waals surface area contributed by atoms with Gasteiger partial charge in [0.15, 0.2) is 0 Å². The van der Waals surface area contributed by atoms with Gasteiger partial charge in [-0.2, -0.15) is 0 Å². The fraction of sp³-hybridized carbons (Fsp3) is 0.923. The van der Waals surface area contributed by atoms with Gasteiger partial charge in [0, 0.05) is 6.26 Å². The van der Waals surface area contributed by atoms with Gasteiger partial charge in [-0.1, -0.05) is 13.8 Å². The number of ether oxygens (including phenoxy) is 1. The van der Waals surface area contributed by atoms with Crippen LogP contribution in [0.25, 0.3) is 0 Å². The van der Waals surface area contributed by atoms with Gasteiger partial charge in [0.2, 0.25) is 0 Å². The maximum atomic E-state index is 11.7. The SMILES string of the molecule is COC(=O)C1[C@@H](O)C[C@H]2CCC1(C)[C@H]2C.CS(=O)(=O)[O-]. The van der Waals surface area contributed by atoms with E-state index < -0.39 is 16.2 Å². The van der Waals surface area contributed by atoms with Crippen LogP contribution in [-0.4, -0.2) is 43.5 Å². The molecule has 0 radical (unpaired) electrons. The van der Waals surface area contributed by atoms with Crippen molar-refractivity contribution in [3.05, 3.63) is 0 Å². The predicted octanol–water partition coefficient (Wildman–Crippen LogP) is 0.754. The van der Waals surface area contributed by atoms with Crippen LogP contribution in [0.5, 0.6) is 0 Å². The summed E-state index contributed by atoms with van der Waals surface area (Å²) in [6.07, 6.45) is 3.03. The van der Waals surface area contributed by atoms with Crippen LogP contribution >= 0.6 is 0 Å². The summed E-state index contributed by atoms with van der Waals surface area (Å²) in [6, 6.07) is 0. The van der Waals surface area contributed by atoms with Crippen molar-refractivity contribution in [2.45, 2.75) is 39.2 Å². The van der Waals surface area contributed by atoms with Crippen LogP contribution in [0.15, 0.2) is 0 Å². The number of hydrogen-bond donors (Lipinski definition) is 1. The molecule has 6 nitrogen and oxygen atoms in total. The Labute approximate surface area is 120 Å². The zero-order valence-electron chi connectivity index (χ0n) is 12.3. The predicted molar refractivity (Wildman–Crippen MR) is 71.7 cm³/mol. The molecule has 2 aliphatic carbocycles. The van der Waals surface area contributed by atoms with Crippen molar-refractivity contribution in [1.82, 2.24) is 0 Å². The molecule has 0 saturated heterocycles. The lowest BCUT2D eigenvalue weighted by Crippen LogP contribution is -2.48. The molecule has 118 valence electrons. The molecule has 2 bridgehead atoms. The summed E-state index contributed by atoms with van der Waals surface area (Å²) in [7, 11) is -2.51. The van der Waals surface area contributed by atoms with Gasteiger partial charge in [-0.3, -0.25) is 4.79 Å². The zero-order chi connectivity index (χ0) is 15.7. The maximum Gasteiger partial charge on any atom is 0.311 e. The van der Waals surface area contributed by atoms with E-state index in [4.69, 9.17) is 17.7 Å². The normalized spacial score (nSPS) is 39.7. The zero-order valence-corrected chi connectivity index (χ0v) is 13.1. The first-order valence-electron chi connectivity index (χ1n) is 6.67. The molecule has 2 unspecified atom stereocenters. The third kappa shape index (κ3) is 3.71. The average Bonchev–Trinajstić information content (AvgIpc) is 2.48. The quantitative estimate of drug-likeness (QED) is 0.566. The van der Waals surface area contributed by atoms with E-state index in [1.807, 2.05) is 0 Å². The molecule has 0 amide bonds. The molecule has 20 heavy (non-hydrogen) atoms. The molecular weight excluding hydrogens is 284 g/mol. The molecule has 5 atom stereocenters. The van der Waals surface area contributed by atoms with Crippen molar-refractivity contribution >= 4 is 16.1 Å². The second kappa shape index (κ2) is 5.99. The molecular formula is C13H23O6S-. The Balaban J connectivity index is 0.000000347. The van der Waals surface area contributed by atoms with Crippen LogP contribution in [0.1, 0.15) is 33.1 Å². The van der Waals surface area contributed by atoms with Gasteiger partial charge in [-0.15, -0.1) is 0 Å². The number of hydrogen-bond acceptors (Lipinski definition) is 6. The Morgan fingerprint density at radius 2 is 1.95 bits per heavy atom. The fourth-order valence-corrected chi connectivity index (χ4v) is 3.71. The molecule has 0 heterocycles. The highest BCUT2D eigenvalue weighted by Crippen LogP contribution is 2.58. The van der Waals surface area contributed by atoms with Gasteiger partial charge in [-0.05, 0) is 36.5 Å². The third-order valence-electron chi connectivity index (χ3n) is 4.90. The van der Waals surface area contributed by atoms with Gasteiger partial charge < -0.3 is 14.4 Å². The summed E-state index contributed by atoms with van der Waals surface area (Å²) < 4.78 is 32.1. The second-order valence-corrected chi connectivity index (χ2v) is 7.51. The fourth-order valence-electron chi connectivity index (χ4n) is 3.71.